The zero-order chi connectivity index (χ0) is 19.2. The van der Waals surface area contributed by atoms with Crippen LogP contribution in [0.5, 0.6) is 0 Å². The molecule has 1 fully saturated rings. The van der Waals surface area contributed by atoms with E-state index in [-0.39, 0.29) is 11.6 Å². The van der Waals surface area contributed by atoms with Gasteiger partial charge in [0.1, 0.15) is 5.69 Å². The second kappa shape index (κ2) is 9.32. The van der Waals surface area contributed by atoms with Gasteiger partial charge in [-0.15, -0.1) is 0 Å². The topological polar surface area (TPSA) is 54.5 Å². The summed E-state index contributed by atoms with van der Waals surface area (Å²) in [5.74, 6) is 0.0228. The van der Waals surface area contributed by atoms with Crippen molar-refractivity contribution in [1.29, 1.82) is 0 Å². The maximum atomic E-state index is 12.6. The van der Waals surface area contributed by atoms with E-state index in [4.69, 9.17) is 4.74 Å². The molecule has 1 aromatic heterocycles. The molecule has 0 radical (unpaired) electrons. The van der Waals surface area contributed by atoms with Crippen LogP contribution in [0.3, 0.4) is 0 Å². The van der Waals surface area contributed by atoms with Gasteiger partial charge in [-0.3, -0.25) is 14.7 Å². The number of carbonyl (C=O) groups excluding carboxylic acids is 1. The van der Waals surface area contributed by atoms with Crippen LogP contribution < -0.4 is 5.32 Å². The first-order chi connectivity index (χ1) is 12.4. The van der Waals surface area contributed by atoms with Crippen LogP contribution >= 0.6 is 0 Å². The summed E-state index contributed by atoms with van der Waals surface area (Å²) in [4.78, 5) is 18.0. The molecule has 0 saturated carbocycles. The largest absolute Gasteiger partial charge is 0.433 e. The molecule has 1 N–H and O–H groups in total. The predicted molar refractivity (Wildman–Crippen MR) is 91.8 cm³/mol. The third kappa shape index (κ3) is 5.41. The van der Waals surface area contributed by atoms with Gasteiger partial charge in [0.2, 0.25) is 0 Å². The molecule has 1 aliphatic rings. The Labute approximate surface area is 151 Å². The number of alkyl halides is 3. The van der Waals surface area contributed by atoms with Gasteiger partial charge < -0.3 is 10.1 Å². The number of nitrogens with one attached hydrogen (secondary N) is 1. The normalized spacial score (nSPS) is 17.3. The van der Waals surface area contributed by atoms with Gasteiger partial charge in [-0.05, 0) is 18.1 Å². The number of hydrogen-bond acceptors (Lipinski definition) is 4. The monoisotopic (exact) mass is 373 g/mol. The molecular weight excluding hydrogens is 347 g/mol. The fourth-order valence-corrected chi connectivity index (χ4v) is 3.33. The van der Waals surface area contributed by atoms with Gasteiger partial charge in [0.25, 0.3) is 5.91 Å². The standard InChI is InChI=1S/C18H26F3N3O2/c1-3-13(4-2)15(24-7-9-26-10-8-24)12-23-17(25)14-5-6-16(22-11-14)18(19,20)21/h5-6,11,13,15H,3-4,7-10,12H2,1-2H3,(H,23,25). The van der Waals surface area contributed by atoms with E-state index in [1.54, 1.807) is 0 Å². The van der Waals surface area contributed by atoms with Gasteiger partial charge in [0.15, 0.2) is 0 Å². The van der Waals surface area contributed by atoms with E-state index < -0.39 is 17.8 Å². The summed E-state index contributed by atoms with van der Waals surface area (Å²) in [5, 5.41) is 2.86. The van der Waals surface area contributed by atoms with E-state index in [2.05, 4.69) is 29.0 Å². The van der Waals surface area contributed by atoms with Crippen molar-refractivity contribution in [3.63, 3.8) is 0 Å². The molecule has 146 valence electrons. The third-order valence-corrected chi connectivity index (χ3v) is 4.90. The molecule has 0 aliphatic carbocycles. The molecule has 0 aromatic carbocycles. The highest BCUT2D eigenvalue weighted by Gasteiger charge is 2.32. The fraction of sp³-hybridized carbons (Fsp3) is 0.667. The molecule has 8 heteroatoms. The first-order valence-corrected chi connectivity index (χ1v) is 9.00. The lowest BCUT2D eigenvalue weighted by atomic mass is 9.92. The van der Waals surface area contributed by atoms with Gasteiger partial charge in [-0.1, -0.05) is 26.7 Å². The minimum atomic E-state index is -4.51. The molecule has 0 bridgehead atoms. The van der Waals surface area contributed by atoms with E-state index in [1.165, 1.54) is 0 Å². The predicted octanol–water partition coefficient (Wildman–Crippen LogP) is 2.97. The van der Waals surface area contributed by atoms with Crippen molar-refractivity contribution in [2.75, 3.05) is 32.8 Å². The highest BCUT2D eigenvalue weighted by molar-refractivity contribution is 5.93. The zero-order valence-electron chi connectivity index (χ0n) is 15.2. The Bertz CT molecular complexity index is 568. The summed E-state index contributed by atoms with van der Waals surface area (Å²) >= 11 is 0. The lowest BCUT2D eigenvalue weighted by Crippen LogP contribution is -2.52. The number of nitrogens with zero attached hydrogens (tertiary/aromatic N) is 2. The van der Waals surface area contributed by atoms with Gasteiger partial charge in [0.05, 0.1) is 18.8 Å². The number of rotatable bonds is 7. The van der Waals surface area contributed by atoms with Crippen molar-refractivity contribution >= 4 is 5.91 Å². The molecule has 2 rings (SSSR count). The molecule has 0 spiro atoms. The highest BCUT2D eigenvalue weighted by Crippen LogP contribution is 2.27. The van der Waals surface area contributed by atoms with Crippen molar-refractivity contribution < 1.29 is 22.7 Å². The Morgan fingerprint density at radius 2 is 1.92 bits per heavy atom. The average molecular weight is 373 g/mol. The summed E-state index contributed by atoms with van der Waals surface area (Å²) in [6.45, 7) is 7.69. The van der Waals surface area contributed by atoms with E-state index in [0.29, 0.717) is 25.7 Å². The highest BCUT2D eigenvalue weighted by atomic mass is 19.4. The van der Waals surface area contributed by atoms with Crippen LogP contribution in [-0.4, -0.2) is 54.7 Å². The van der Waals surface area contributed by atoms with Crippen LogP contribution in [0.25, 0.3) is 0 Å². The fourth-order valence-electron chi connectivity index (χ4n) is 3.33. The number of carbonyl (C=O) groups is 1. The smallest absolute Gasteiger partial charge is 0.379 e. The lowest BCUT2D eigenvalue weighted by Gasteiger charge is -2.38. The Morgan fingerprint density at radius 3 is 2.42 bits per heavy atom. The molecule has 1 unspecified atom stereocenters. The van der Waals surface area contributed by atoms with Crippen LogP contribution in [0.4, 0.5) is 13.2 Å². The number of aromatic nitrogens is 1. The minimum Gasteiger partial charge on any atom is -0.379 e. The summed E-state index contributed by atoms with van der Waals surface area (Å²) in [6, 6.07) is 2.17. The molecule has 26 heavy (non-hydrogen) atoms. The second-order valence-corrected chi connectivity index (χ2v) is 6.43. The maximum Gasteiger partial charge on any atom is 0.433 e. The molecule has 5 nitrogen and oxygen atoms in total. The van der Waals surface area contributed by atoms with Crippen LogP contribution in [0, 0.1) is 5.92 Å². The van der Waals surface area contributed by atoms with Crippen molar-refractivity contribution in [3.05, 3.63) is 29.6 Å². The summed E-state index contributed by atoms with van der Waals surface area (Å²) in [7, 11) is 0. The van der Waals surface area contributed by atoms with Crippen molar-refractivity contribution in [3.8, 4) is 0 Å². The SMILES string of the molecule is CCC(CC)C(CNC(=O)c1ccc(C(F)(F)F)nc1)N1CCOCC1. The van der Waals surface area contributed by atoms with Crippen molar-refractivity contribution in [2.24, 2.45) is 5.92 Å². The Morgan fingerprint density at radius 1 is 1.27 bits per heavy atom. The van der Waals surface area contributed by atoms with Crippen LogP contribution in [0.1, 0.15) is 42.7 Å². The third-order valence-electron chi connectivity index (χ3n) is 4.90. The molecule has 1 aromatic rings. The zero-order valence-corrected chi connectivity index (χ0v) is 15.2. The number of hydrogen-bond donors (Lipinski definition) is 1. The molecule has 1 amide bonds. The van der Waals surface area contributed by atoms with E-state index in [1.807, 2.05) is 0 Å². The Balaban J connectivity index is 2.01. The second-order valence-electron chi connectivity index (χ2n) is 6.43. The Kier molecular flexibility index (Phi) is 7.40. The van der Waals surface area contributed by atoms with Crippen molar-refractivity contribution in [1.82, 2.24) is 15.2 Å². The maximum absolute atomic E-state index is 12.6. The molecule has 1 atom stereocenters. The Hall–Kier alpha value is -1.67. The van der Waals surface area contributed by atoms with Gasteiger partial charge in [0, 0.05) is 31.9 Å². The van der Waals surface area contributed by atoms with Crippen LogP contribution in [0.15, 0.2) is 18.3 Å². The van der Waals surface area contributed by atoms with Crippen LogP contribution in [-0.2, 0) is 10.9 Å². The lowest BCUT2D eigenvalue weighted by molar-refractivity contribution is -0.141. The average Bonchev–Trinajstić information content (AvgIpc) is 2.65. The number of ether oxygens (including phenoxy) is 1. The summed E-state index contributed by atoms with van der Waals surface area (Å²) in [5.41, 5.74) is -0.874. The van der Waals surface area contributed by atoms with Crippen molar-refractivity contribution in [2.45, 2.75) is 38.9 Å². The number of halogens is 3. The number of pyridine rings is 1. The number of amides is 1. The van der Waals surface area contributed by atoms with E-state index >= 15 is 0 Å². The van der Waals surface area contributed by atoms with Gasteiger partial charge in [-0.25, -0.2) is 0 Å². The van der Waals surface area contributed by atoms with E-state index in [0.717, 1.165) is 44.3 Å². The van der Waals surface area contributed by atoms with Crippen LogP contribution in [0.2, 0.25) is 0 Å². The molecular formula is C18H26F3N3O2. The van der Waals surface area contributed by atoms with Gasteiger partial charge >= 0.3 is 6.18 Å². The molecule has 1 aliphatic heterocycles. The first kappa shape index (κ1) is 20.6. The first-order valence-electron chi connectivity index (χ1n) is 9.00. The summed E-state index contributed by atoms with van der Waals surface area (Å²) < 4.78 is 43.1. The molecule has 2 heterocycles. The minimum absolute atomic E-state index is 0.128. The summed E-state index contributed by atoms with van der Waals surface area (Å²) in [6.07, 6.45) is -1.54. The quantitative estimate of drug-likeness (QED) is 0.798. The number of morpholine rings is 1. The van der Waals surface area contributed by atoms with Gasteiger partial charge in [-0.2, -0.15) is 13.2 Å². The van der Waals surface area contributed by atoms with E-state index in [9.17, 15) is 18.0 Å². The molecule has 1 saturated heterocycles.